The van der Waals surface area contributed by atoms with Gasteiger partial charge in [-0.15, -0.1) is 0 Å². The zero-order valence-electron chi connectivity index (χ0n) is 22.7. The van der Waals surface area contributed by atoms with Gasteiger partial charge in [0, 0.05) is 21.2 Å². The van der Waals surface area contributed by atoms with Gasteiger partial charge in [-0.25, -0.2) is 0 Å². The van der Waals surface area contributed by atoms with Crippen LogP contribution in [0.1, 0.15) is 0 Å². The molecule has 3 saturated heterocycles. The smallest absolute Gasteiger partial charge is 0.187 e. The van der Waals surface area contributed by atoms with E-state index in [1.807, 2.05) is 0 Å². The summed E-state index contributed by atoms with van der Waals surface area (Å²) in [5, 5.41) is 93.0. The normalized spacial score (nSPS) is 46.9. The van der Waals surface area contributed by atoms with Crippen LogP contribution in [0.4, 0.5) is 0 Å². The van der Waals surface area contributed by atoms with Crippen molar-refractivity contribution in [2.45, 2.75) is 118 Å². The van der Waals surface area contributed by atoms with E-state index in [4.69, 9.17) is 34.2 Å². The number of aliphatic hydroxyl groups is 9. The minimum Gasteiger partial charge on any atom is -0.394 e. The van der Waals surface area contributed by atoms with Crippen molar-refractivity contribution in [3.63, 3.8) is 0 Å². The minimum absolute atomic E-state index is 0.232. The van der Waals surface area contributed by atoms with E-state index in [0.717, 1.165) is 6.04 Å². The Balaban J connectivity index is 1.67. The van der Waals surface area contributed by atoms with E-state index in [1.54, 1.807) is 0 Å². The summed E-state index contributed by atoms with van der Waals surface area (Å²) >= 11 is 0. The number of hydrogen-bond acceptors (Lipinski definition) is 16. The van der Waals surface area contributed by atoms with E-state index in [0.29, 0.717) is 0 Å². The molecule has 11 N–H and O–H groups in total. The van der Waals surface area contributed by atoms with E-state index < -0.39 is 113 Å². The Hall–Kier alpha value is -0.423. The first-order chi connectivity index (χ1) is 18.7. The van der Waals surface area contributed by atoms with Crippen LogP contribution in [0.2, 0.25) is 25.7 Å². The summed E-state index contributed by atoms with van der Waals surface area (Å²) < 4.78 is 33.4. The van der Waals surface area contributed by atoms with Gasteiger partial charge < -0.3 is 80.1 Å². The van der Waals surface area contributed by atoms with Gasteiger partial charge in [0.25, 0.3) is 0 Å². The maximum absolute atomic E-state index is 10.8. The van der Waals surface area contributed by atoms with Crippen LogP contribution in [0.15, 0.2) is 0 Å². The lowest BCUT2D eigenvalue weighted by Gasteiger charge is -2.48. The molecule has 0 radical (unpaired) electrons. The standard InChI is InChI=1S/C23H45NO15Si/c1-40(2,3)5-4-34-21-17(32)14(29)19(10(7-25)36-21)39-23-18(33)15(30)20(11(8-26)37-23)38-22-16(31)13(28)12(27)9(6-24)35-22/h9-23,25-33H,4-8,24H2,1-3H3/t9-,10-,11-,12+,13+,14-,15-,16-,17-,18-,19-,20+,21-,22-,23+/m1/s1. The molecule has 3 heterocycles. The third-order valence-electron chi connectivity index (χ3n) is 7.26. The second kappa shape index (κ2) is 14.4. The van der Waals surface area contributed by atoms with Crippen molar-refractivity contribution in [2.24, 2.45) is 5.73 Å². The summed E-state index contributed by atoms with van der Waals surface area (Å²) in [7, 11) is -1.46. The average molecular weight is 604 g/mol. The van der Waals surface area contributed by atoms with Crippen LogP contribution in [0, 0.1) is 0 Å². The Morgan fingerprint density at radius 1 is 0.600 bits per heavy atom. The highest BCUT2D eigenvalue weighted by molar-refractivity contribution is 6.76. The molecule has 3 aliphatic heterocycles. The van der Waals surface area contributed by atoms with Gasteiger partial charge in [-0.05, 0) is 6.04 Å². The molecule has 0 unspecified atom stereocenters. The molecular weight excluding hydrogens is 558 g/mol. The molecule has 0 bridgehead atoms. The van der Waals surface area contributed by atoms with Gasteiger partial charge in [0.2, 0.25) is 0 Å². The zero-order valence-corrected chi connectivity index (χ0v) is 23.7. The van der Waals surface area contributed by atoms with Crippen molar-refractivity contribution in [1.82, 2.24) is 0 Å². The maximum Gasteiger partial charge on any atom is 0.187 e. The second-order valence-electron chi connectivity index (χ2n) is 11.5. The summed E-state index contributed by atoms with van der Waals surface area (Å²) in [6, 6.07) is 0.764. The van der Waals surface area contributed by atoms with Crippen molar-refractivity contribution in [3.05, 3.63) is 0 Å². The Morgan fingerprint density at radius 3 is 1.48 bits per heavy atom. The molecule has 3 aliphatic rings. The number of hydrogen-bond donors (Lipinski definition) is 10. The molecule has 0 aliphatic carbocycles. The Kier molecular flexibility index (Phi) is 12.2. The molecule has 0 aromatic carbocycles. The quantitative estimate of drug-likeness (QED) is 0.0989. The summed E-state index contributed by atoms with van der Waals surface area (Å²) in [6.45, 7) is 5.02. The number of rotatable bonds is 11. The molecule has 3 rings (SSSR count). The maximum atomic E-state index is 10.8. The first kappa shape index (κ1) is 34.1. The molecule has 16 nitrogen and oxygen atoms in total. The van der Waals surface area contributed by atoms with Crippen molar-refractivity contribution < 1.29 is 74.4 Å². The highest BCUT2D eigenvalue weighted by Crippen LogP contribution is 2.32. The van der Waals surface area contributed by atoms with E-state index in [-0.39, 0.29) is 13.2 Å². The summed E-state index contributed by atoms with van der Waals surface area (Å²) in [6.07, 6.45) is -23.1. The fourth-order valence-electron chi connectivity index (χ4n) is 4.71. The molecule has 0 amide bonds. The average Bonchev–Trinajstić information content (AvgIpc) is 2.91. The third-order valence-corrected chi connectivity index (χ3v) is 8.96. The molecule has 3 fully saturated rings. The predicted octanol–water partition coefficient (Wildman–Crippen LogP) is -5.24. The van der Waals surface area contributed by atoms with Crippen LogP contribution in [0.3, 0.4) is 0 Å². The summed E-state index contributed by atoms with van der Waals surface area (Å²) in [4.78, 5) is 0. The monoisotopic (exact) mass is 603 g/mol. The van der Waals surface area contributed by atoms with Crippen LogP contribution >= 0.6 is 0 Å². The Bertz CT molecular complexity index is 773. The topological polar surface area (TPSA) is 263 Å². The SMILES string of the molecule is C[Si](C)(C)CCO[C@@H]1O[C@H](CO)[C@@H](O[C@@H]2O[C@H](CO)[C@H](O[C@H]3O[C@H](CN)[C@H](O)[C@H](O)[C@H]3O)[C@H](O)[C@H]2O)[C@H](O)[C@H]1O. The van der Waals surface area contributed by atoms with E-state index in [9.17, 15) is 46.0 Å². The number of ether oxygens (including phenoxy) is 6. The third kappa shape index (κ3) is 7.74. The fourth-order valence-corrected chi connectivity index (χ4v) is 5.44. The first-order valence-corrected chi connectivity index (χ1v) is 17.0. The Morgan fingerprint density at radius 2 is 1.02 bits per heavy atom. The molecule has 236 valence electrons. The number of aliphatic hydroxyl groups excluding tert-OH is 9. The van der Waals surface area contributed by atoms with Crippen LogP contribution in [0.25, 0.3) is 0 Å². The predicted molar refractivity (Wildman–Crippen MR) is 135 cm³/mol. The molecule has 0 saturated carbocycles. The molecular formula is C23H45NO15Si. The van der Waals surface area contributed by atoms with Crippen molar-refractivity contribution >= 4 is 8.07 Å². The molecule has 15 atom stereocenters. The highest BCUT2D eigenvalue weighted by atomic mass is 28.3. The lowest BCUT2D eigenvalue weighted by atomic mass is 9.96. The summed E-state index contributed by atoms with van der Waals surface area (Å²) in [5.74, 6) is 0. The molecule has 40 heavy (non-hydrogen) atoms. The summed E-state index contributed by atoms with van der Waals surface area (Å²) in [5.41, 5.74) is 5.52. The van der Waals surface area contributed by atoms with Crippen molar-refractivity contribution in [2.75, 3.05) is 26.4 Å². The molecule has 0 aromatic heterocycles. The zero-order chi connectivity index (χ0) is 29.9. The molecule has 17 heteroatoms. The van der Waals surface area contributed by atoms with Crippen molar-refractivity contribution in [1.29, 1.82) is 0 Å². The van der Waals surface area contributed by atoms with Gasteiger partial charge in [0.15, 0.2) is 18.9 Å². The number of nitrogens with two attached hydrogens (primary N) is 1. The van der Waals surface area contributed by atoms with Crippen LogP contribution in [-0.2, 0) is 28.4 Å². The minimum atomic E-state index is -1.86. The Labute approximate surface area is 232 Å². The van der Waals surface area contributed by atoms with Crippen molar-refractivity contribution in [3.8, 4) is 0 Å². The van der Waals surface area contributed by atoms with E-state index in [2.05, 4.69) is 19.6 Å². The molecule has 0 spiro atoms. The van der Waals surface area contributed by atoms with Crippen LogP contribution < -0.4 is 5.73 Å². The fraction of sp³-hybridized carbons (Fsp3) is 1.00. The van der Waals surface area contributed by atoms with Crippen LogP contribution in [-0.4, -0.2) is 173 Å². The van der Waals surface area contributed by atoms with E-state index in [1.165, 1.54) is 0 Å². The lowest BCUT2D eigenvalue weighted by molar-refractivity contribution is -0.378. The lowest BCUT2D eigenvalue weighted by Crippen LogP contribution is -2.66. The van der Waals surface area contributed by atoms with E-state index >= 15 is 0 Å². The van der Waals surface area contributed by atoms with Gasteiger partial charge in [-0.1, -0.05) is 19.6 Å². The van der Waals surface area contributed by atoms with Gasteiger partial charge >= 0.3 is 0 Å². The second-order valence-corrected chi connectivity index (χ2v) is 17.2. The van der Waals surface area contributed by atoms with Gasteiger partial charge in [-0.2, -0.15) is 0 Å². The molecule has 0 aromatic rings. The van der Waals surface area contributed by atoms with Gasteiger partial charge in [0.1, 0.15) is 73.2 Å². The van der Waals surface area contributed by atoms with Gasteiger partial charge in [0.05, 0.1) is 13.2 Å². The first-order valence-electron chi connectivity index (χ1n) is 13.3. The van der Waals surface area contributed by atoms with Gasteiger partial charge in [-0.3, -0.25) is 0 Å². The van der Waals surface area contributed by atoms with Crippen LogP contribution in [0.5, 0.6) is 0 Å². The largest absolute Gasteiger partial charge is 0.394 e. The highest BCUT2D eigenvalue weighted by Gasteiger charge is 2.53.